The van der Waals surface area contributed by atoms with Crippen LogP contribution < -0.4 is 9.47 Å². The summed E-state index contributed by atoms with van der Waals surface area (Å²) >= 11 is 3.55. The van der Waals surface area contributed by atoms with Gasteiger partial charge >= 0.3 is 5.97 Å². The summed E-state index contributed by atoms with van der Waals surface area (Å²) in [6.45, 7) is 1.34. The fourth-order valence-corrected chi connectivity index (χ4v) is 5.07. The van der Waals surface area contributed by atoms with Crippen molar-refractivity contribution >= 4 is 39.0 Å². The Kier molecular flexibility index (Phi) is 3.65. The molecule has 25 heavy (non-hydrogen) atoms. The van der Waals surface area contributed by atoms with E-state index in [2.05, 4.69) is 15.9 Å². The van der Waals surface area contributed by atoms with Crippen molar-refractivity contribution in [2.45, 2.75) is 32.6 Å². The largest absolute Gasteiger partial charge is 0.493 e. The summed E-state index contributed by atoms with van der Waals surface area (Å²) < 4.78 is 11.7. The summed E-state index contributed by atoms with van der Waals surface area (Å²) in [6, 6.07) is 1.75. The van der Waals surface area contributed by atoms with E-state index in [0.717, 1.165) is 21.2 Å². The van der Waals surface area contributed by atoms with Crippen LogP contribution in [-0.4, -0.2) is 24.6 Å². The van der Waals surface area contributed by atoms with Crippen molar-refractivity contribution in [2.75, 3.05) is 7.11 Å². The molecule has 2 atom stereocenters. The molecule has 0 amide bonds. The molecule has 1 spiro atoms. The van der Waals surface area contributed by atoms with Gasteiger partial charge in [-0.2, -0.15) is 0 Å². The second-order valence-electron chi connectivity index (χ2n) is 6.92. The molecule has 1 aromatic carbocycles. The average molecular weight is 405 g/mol. The van der Waals surface area contributed by atoms with Crippen molar-refractivity contribution in [3.05, 3.63) is 27.7 Å². The van der Waals surface area contributed by atoms with E-state index >= 15 is 0 Å². The molecule has 3 aliphatic carbocycles. The Hall–Kier alpha value is -1.95. The van der Waals surface area contributed by atoms with Gasteiger partial charge in [-0.05, 0) is 36.1 Å². The quantitative estimate of drug-likeness (QED) is 0.558. The standard InChI is InChI=1S/C19H17BrO5/c1-9(21)25-18-16(24-2)7-14(20)11-6-12-15(23)8-19(12)4-3-10(22)5-13(19)17(11)18/h5,7,12H,3-4,6,8H2,1-2H3/t12-,19+/m1/s1. The van der Waals surface area contributed by atoms with Crippen LogP contribution in [0.5, 0.6) is 11.5 Å². The molecule has 0 aromatic heterocycles. The van der Waals surface area contributed by atoms with Gasteiger partial charge in [0.1, 0.15) is 5.78 Å². The minimum absolute atomic E-state index is 0.0410. The number of benzene rings is 1. The maximum atomic E-state index is 12.3. The molecule has 0 bridgehead atoms. The number of fused-ring (bicyclic) bond motifs is 2. The van der Waals surface area contributed by atoms with Gasteiger partial charge in [0.15, 0.2) is 17.3 Å². The summed E-state index contributed by atoms with van der Waals surface area (Å²) in [5, 5.41) is 0. The van der Waals surface area contributed by atoms with Gasteiger partial charge in [0.2, 0.25) is 0 Å². The zero-order chi connectivity index (χ0) is 17.9. The molecule has 1 fully saturated rings. The summed E-state index contributed by atoms with van der Waals surface area (Å²) in [4.78, 5) is 36.1. The van der Waals surface area contributed by atoms with Crippen LogP contribution in [0.15, 0.2) is 16.6 Å². The lowest BCUT2D eigenvalue weighted by atomic mass is 9.47. The number of hydrogen-bond acceptors (Lipinski definition) is 5. The van der Waals surface area contributed by atoms with Crippen molar-refractivity contribution in [3.8, 4) is 11.5 Å². The van der Waals surface area contributed by atoms with Crippen molar-refractivity contribution in [1.82, 2.24) is 0 Å². The molecule has 4 rings (SSSR count). The van der Waals surface area contributed by atoms with Crippen LogP contribution in [0.3, 0.4) is 0 Å². The number of methoxy groups -OCH3 is 1. The molecular formula is C19H17BrO5. The molecule has 130 valence electrons. The second kappa shape index (κ2) is 5.53. The fourth-order valence-electron chi connectivity index (χ4n) is 4.50. The van der Waals surface area contributed by atoms with Crippen molar-refractivity contribution < 1.29 is 23.9 Å². The van der Waals surface area contributed by atoms with E-state index in [1.54, 1.807) is 12.1 Å². The molecular weight excluding hydrogens is 388 g/mol. The zero-order valence-electron chi connectivity index (χ0n) is 14.0. The lowest BCUT2D eigenvalue weighted by Crippen LogP contribution is -2.54. The lowest BCUT2D eigenvalue weighted by Gasteiger charge is -2.55. The van der Waals surface area contributed by atoms with Crippen LogP contribution >= 0.6 is 15.9 Å². The van der Waals surface area contributed by atoms with Crippen LogP contribution in [0.25, 0.3) is 5.57 Å². The monoisotopic (exact) mass is 404 g/mol. The summed E-state index contributed by atoms with van der Waals surface area (Å²) in [6.07, 6.45) is 3.79. The maximum absolute atomic E-state index is 12.3. The van der Waals surface area contributed by atoms with E-state index in [4.69, 9.17) is 9.47 Å². The molecule has 0 heterocycles. The first-order valence-electron chi connectivity index (χ1n) is 8.23. The Balaban J connectivity index is 2.02. The highest BCUT2D eigenvalue weighted by atomic mass is 79.9. The molecule has 1 aromatic rings. The van der Waals surface area contributed by atoms with E-state index < -0.39 is 5.97 Å². The molecule has 0 N–H and O–H groups in total. The number of Topliss-reactive ketones (excluding diaryl/α,β-unsaturated/α-hetero) is 1. The molecule has 3 aliphatic rings. The molecule has 0 aliphatic heterocycles. The smallest absolute Gasteiger partial charge is 0.308 e. The van der Waals surface area contributed by atoms with Crippen LogP contribution in [0.2, 0.25) is 0 Å². The minimum Gasteiger partial charge on any atom is -0.493 e. The molecule has 5 nitrogen and oxygen atoms in total. The Bertz CT molecular complexity index is 869. The van der Waals surface area contributed by atoms with Crippen molar-refractivity contribution in [3.63, 3.8) is 0 Å². The fraction of sp³-hybridized carbons (Fsp3) is 0.421. The molecule has 0 unspecified atom stereocenters. The highest BCUT2D eigenvalue weighted by Gasteiger charge is 2.60. The molecule has 1 saturated carbocycles. The van der Waals surface area contributed by atoms with E-state index in [9.17, 15) is 14.4 Å². The number of carbonyl (C=O) groups is 3. The summed E-state index contributed by atoms with van der Waals surface area (Å²) in [5.41, 5.74) is 2.15. The van der Waals surface area contributed by atoms with E-state index in [-0.39, 0.29) is 22.9 Å². The third-order valence-corrected chi connectivity index (χ3v) is 6.35. The topological polar surface area (TPSA) is 69.7 Å². The van der Waals surface area contributed by atoms with Gasteiger partial charge in [-0.25, -0.2) is 0 Å². The minimum atomic E-state index is -0.452. The maximum Gasteiger partial charge on any atom is 0.308 e. The third-order valence-electron chi connectivity index (χ3n) is 5.65. The number of rotatable bonds is 2. The Labute approximate surface area is 153 Å². The Morgan fingerprint density at radius 1 is 1.36 bits per heavy atom. The molecule has 0 radical (unpaired) electrons. The molecule has 0 saturated heterocycles. The Morgan fingerprint density at radius 3 is 2.76 bits per heavy atom. The number of halogens is 1. The van der Waals surface area contributed by atoms with E-state index in [0.29, 0.717) is 37.2 Å². The van der Waals surface area contributed by atoms with E-state index in [1.165, 1.54) is 14.0 Å². The van der Waals surface area contributed by atoms with Crippen molar-refractivity contribution in [2.24, 2.45) is 11.3 Å². The Morgan fingerprint density at radius 2 is 2.12 bits per heavy atom. The number of ketones is 2. The second-order valence-corrected chi connectivity index (χ2v) is 7.77. The lowest BCUT2D eigenvalue weighted by molar-refractivity contribution is -0.140. The number of ether oxygens (including phenoxy) is 2. The van der Waals surface area contributed by atoms with Crippen LogP contribution in [0.1, 0.15) is 37.3 Å². The number of carbonyl (C=O) groups excluding carboxylic acids is 3. The van der Waals surface area contributed by atoms with Gasteiger partial charge in [0.05, 0.1) is 7.11 Å². The summed E-state index contributed by atoms with van der Waals surface area (Å²) in [5.74, 6) is 0.493. The van der Waals surface area contributed by atoms with E-state index in [1.807, 2.05) is 0 Å². The predicted molar refractivity (Wildman–Crippen MR) is 93.5 cm³/mol. The van der Waals surface area contributed by atoms with Gasteiger partial charge in [-0.15, -0.1) is 0 Å². The van der Waals surface area contributed by atoms with Crippen LogP contribution in [0, 0.1) is 11.3 Å². The highest BCUT2D eigenvalue weighted by Crippen LogP contribution is 2.64. The SMILES string of the molecule is COc1cc(Br)c2c(c1OC(C)=O)C1=CC(=O)CC[C@@]13CC(=O)[C@H]3C2. The number of esters is 1. The first-order chi connectivity index (χ1) is 11.9. The highest BCUT2D eigenvalue weighted by molar-refractivity contribution is 9.10. The summed E-state index contributed by atoms with van der Waals surface area (Å²) in [7, 11) is 1.51. The normalized spacial score (nSPS) is 26.7. The first kappa shape index (κ1) is 16.5. The van der Waals surface area contributed by atoms with Crippen LogP contribution in [-0.2, 0) is 20.8 Å². The van der Waals surface area contributed by atoms with Gasteiger partial charge in [0.25, 0.3) is 0 Å². The third kappa shape index (κ3) is 2.23. The van der Waals surface area contributed by atoms with Gasteiger partial charge < -0.3 is 9.47 Å². The van der Waals surface area contributed by atoms with Gasteiger partial charge in [-0.1, -0.05) is 15.9 Å². The first-order valence-corrected chi connectivity index (χ1v) is 9.02. The molecule has 6 heteroatoms. The number of allylic oxidation sites excluding steroid dienone is 2. The van der Waals surface area contributed by atoms with Gasteiger partial charge in [-0.3, -0.25) is 14.4 Å². The number of hydrogen-bond donors (Lipinski definition) is 0. The van der Waals surface area contributed by atoms with Crippen LogP contribution in [0.4, 0.5) is 0 Å². The average Bonchev–Trinajstić information content (AvgIpc) is 2.55. The van der Waals surface area contributed by atoms with Gasteiger partial charge in [0, 0.05) is 41.1 Å². The zero-order valence-corrected chi connectivity index (χ0v) is 15.6. The van der Waals surface area contributed by atoms with Crippen molar-refractivity contribution in [1.29, 1.82) is 0 Å². The predicted octanol–water partition coefficient (Wildman–Crippen LogP) is 3.26.